The maximum absolute atomic E-state index is 9.78. The van der Waals surface area contributed by atoms with Gasteiger partial charge in [-0.05, 0) is 31.3 Å². The number of nitrogens with two attached hydrogens (primary N) is 1. The van der Waals surface area contributed by atoms with E-state index in [1.165, 1.54) is 6.21 Å². The molecule has 0 spiro atoms. The molecule has 16 heavy (non-hydrogen) atoms. The number of aromatic hydroxyl groups is 1. The molecule has 0 atom stereocenters. The first-order valence-electron chi connectivity index (χ1n) is 4.68. The van der Waals surface area contributed by atoms with Crippen molar-refractivity contribution < 1.29 is 9.84 Å². The fourth-order valence-corrected chi connectivity index (χ4v) is 1.13. The molecule has 5 nitrogen and oxygen atoms in total. The first-order valence-corrected chi connectivity index (χ1v) is 5.09. The van der Waals surface area contributed by atoms with Crippen LogP contribution in [0.1, 0.15) is 12.5 Å². The summed E-state index contributed by atoms with van der Waals surface area (Å²) in [4.78, 5) is 0. The lowest BCUT2D eigenvalue weighted by atomic mass is 10.2. The molecule has 0 saturated carbocycles. The Morgan fingerprint density at radius 1 is 1.69 bits per heavy atom. The molecule has 0 radical (unpaired) electrons. The van der Waals surface area contributed by atoms with E-state index in [4.69, 9.17) is 10.5 Å². The number of phenolic OH excluding ortho intramolecular Hbond substituents is 1. The molecule has 0 aromatic heterocycles. The van der Waals surface area contributed by atoms with Gasteiger partial charge in [-0.1, -0.05) is 6.07 Å². The molecule has 0 heterocycles. The van der Waals surface area contributed by atoms with Crippen LogP contribution in [-0.2, 0) is 0 Å². The molecule has 0 bridgehead atoms. The number of nitrogens with one attached hydrogen (secondary N) is 1. The van der Waals surface area contributed by atoms with Gasteiger partial charge in [0.05, 0.1) is 12.8 Å². The van der Waals surface area contributed by atoms with Gasteiger partial charge >= 0.3 is 0 Å². The third-order valence-electron chi connectivity index (χ3n) is 1.71. The Balaban J connectivity index is 2.84. The van der Waals surface area contributed by atoms with Crippen molar-refractivity contribution in [3.8, 4) is 11.5 Å². The van der Waals surface area contributed by atoms with Crippen molar-refractivity contribution in [2.45, 2.75) is 6.92 Å². The minimum absolute atomic E-state index is 0.0397. The lowest BCUT2D eigenvalue weighted by Gasteiger charge is -2.06. The zero-order valence-electron chi connectivity index (χ0n) is 8.80. The number of hydrazone groups is 1. The van der Waals surface area contributed by atoms with Gasteiger partial charge in [0.15, 0.2) is 16.6 Å². The molecule has 1 rings (SSSR count). The van der Waals surface area contributed by atoms with Crippen LogP contribution in [-0.4, -0.2) is 23.0 Å². The quantitative estimate of drug-likeness (QED) is 0.414. The van der Waals surface area contributed by atoms with Crippen LogP contribution < -0.4 is 15.9 Å². The highest BCUT2D eigenvalue weighted by Gasteiger charge is 2.05. The number of hydrogen-bond donors (Lipinski definition) is 3. The van der Waals surface area contributed by atoms with Crippen LogP contribution in [0.5, 0.6) is 11.5 Å². The van der Waals surface area contributed by atoms with E-state index in [0.29, 0.717) is 17.9 Å². The van der Waals surface area contributed by atoms with Crippen molar-refractivity contribution in [2.75, 3.05) is 6.61 Å². The number of benzene rings is 1. The van der Waals surface area contributed by atoms with E-state index >= 15 is 0 Å². The van der Waals surface area contributed by atoms with E-state index in [2.05, 4.69) is 22.7 Å². The van der Waals surface area contributed by atoms with Gasteiger partial charge in [0.25, 0.3) is 0 Å². The van der Waals surface area contributed by atoms with Gasteiger partial charge in [0.2, 0.25) is 0 Å². The third kappa shape index (κ3) is 3.39. The summed E-state index contributed by atoms with van der Waals surface area (Å²) in [5, 5.41) is 13.6. The Morgan fingerprint density at radius 2 is 2.44 bits per heavy atom. The molecule has 0 aliphatic carbocycles. The van der Waals surface area contributed by atoms with Crippen LogP contribution in [0.15, 0.2) is 23.3 Å². The van der Waals surface area contributed by atoms with Crippen molar-refractivity contribution in [1.29, 1.82) is 0 Å². The molecule has 0 saturated heterocycles. The third-order valence-corrected chi connectivity index (χ3v) is 1.80. The highest BCUT2D eigenvalue weighted by molar-refractivity contribution is 7.80. The second-order valence-corrected chi connectivity index (χ2v) is 3.30. The molecule has 0 amide bonds. The lowest BCUT2D eigenvalue weighted by molar-refractivity contribution is 0.318. The highest BCUT2D eigenvalue weighted by atomic mass is 32.1. The summed E-state index contributed by atoms with van der Waals surface area (Å²) in [5.74, 6) is 0.458. The monoisotopic (exact) mass is 239 g/mol. The number of para-hydroxylation sites is 1. The van der Waals surface area contributed by atoms with Gasteiger partial charge in [-0.3, -0.25) is 5.43 Å². The summed E-state index contributed by atoms with van der Waals surface area (Å²) >= 11 is 4.58. The number of ether oxygens (including phenoxy) is 1. The first-order chi connectivity index (χ1) is 7.65. The van der Waals surface area contributed by atoms with Crippen molar-refractivity contribution >= 4 is 23.5 Å². The Kier molecular flexibility index (Phi) is 4.53. The summed E-state index contributed by atoms with van der Waals surface area (Å²) in [6, 6.07) is 5.13. The van der Waals surface area contributed by atoms with Gasteiger partial charge in [0, 0.05) is 5.56 Å². The van der Waals surface area contributed by atoms with Crippen LogP contribution >= 0.6 is 12.2 Å². The van der Waals surface area contributed by atoms with E-state index in [1.807, 2.05) is 6.92 Å². The standard InChI is InChI=1S/C10H13N3O2S/c1-2-15-8-5-3-4-7(9(8)14)6-12-13-10(11)16/h3-6,14H,2H2,1H3,(H3,11,13,16)/b12-6+. The average molecular weight is 239 g/mol. The molecular weight excluding hydrogens is 226 g/mol. The fraction of sp³-hybridized carbons (Fsp3) is 0.200. The van der Waals surface area contributed by atoms with Crippen LogP contribution in [0.2, 0.25) is 0 Å². The topological polar surface area (TPSA) is 79.9 Å². The average Bonchev–Trinajstić information content (AvgIpc) is 2.23. The van der Waals surface area contributed by atoms with Crippen molar-refractivity contribution in [3.05, 3.63) is 23.8 Å². The summed E-state index contributed by atoms with van der Waals surface area (Å²) in [7, 11) is 0. The summed E-state index contributed by atoms with van der Waals surface area (Å²) in [5.41, 5.74) is 8.11. The largest absolute Gasteiger partial charge is 0.504 e. The predicted molar refractivity (Wildman–Crippen MR) is 66.8 cm³/mol. The molecule has 0 aliphatic rings. The van der Waals surface area contributed by atoms with Gasteiger partial charge in [-0.25, -0.2) is 0 Å². The van der Waals surface area contributed by atoms with Crippen LogP contribution in [0.3, 0.4) is 0 Å². The smallest absolute Gasteiger partial charge is 0.184 e. The van der Waals surface area contributed by atoms with Crippen molar-refractivity contribution in [2.24, 2.45) is 10.8 Å². The molecule has 0 unspecified atom stereocenters. The normalized spacial score (nSPS) is 10.3. The Hall–Kier alpha value is -1.82. The lowest BCUT2D eigenvalue weighted by Crippen LogP contribution is -2.23. The first kappa shape index (κ1) is 12.3. The zero-order valence-corrected chi connectivity index (χ0v) is 9.62. The maximum Gasteiger partial charge on any atom is 0.184 e. The van der Waals surface area contributed by atoms with Gasteiger partial charge in [-0.15, -0.1) is 0 Å². The molecule has 0 aliphatic heterocycles. The molecule has 4 N–H and O–H groups in total. The van der Waals surface area contributed by atoms with Gasteiger partial charge < -0.3 is 15.6 Å². The van der Waals surface area contributed by atoms with E-state index in [9.17, 15) is 5.11 Å². The highest BCUT2D eigenvalue weighted by Crippen LogP contribution is 2.28. The molecule has 1 aromatic rings. The van der Waals surface area contributed by atoms with Crippen molar-refractivity contribution in [1.82, 2.24) is 5.43 Å². The maximum atomic E-state index is 9.78. The number of thiocarbonyl (C=S) groups is 1. The van der Waals surface area contributed by atoms with E-state index in [1.54, 1.807) is 18.2 Å². The van der Waals surface area contributed by atoms with Gasteiger partial charge in [0.1, 0.15) is 0 Å². The SMILES string of the molecule is CCOc1cccc(/C=N/NC(N)=S)c1O. The zero-order chi connectivity index (χ0) is 12.0. The van der Waals surface area contributed by atoms with Gasteiger partial charge in [-0.2, -0.15) is 5.10 Å². The van der Waals surface area contributed by atoms with E-state index in [-0.39, 0.29) is 10.9 Å². The fourth-order valence-electron chi connectivity index (χ4n) is 1.08. The predicted octanol–water partition coefficient (Wildman–Crippen LogP) is 0.958. The minimum Gasteiger partial charge on any atom is -0.504 e. The summed E-state index contributed by atoms with van der Waals surface area (Å²) in [6.07, 6.45) is 1.41. The number of rotatable bonds is 4. The minimum atomic E-state index is 0.0397. The Labute approximate surface area is 98.9 Å². The summed E-state index contributed by atoms with van der Waals surface area (Å²) in [6.45, 7) is 2.33. The molecular formula is C10H13N3O2S. The van der Waals surface area contributed by atoms with E-state index < -0.39 is 0 Å². The number of nitrogens with zero attached hydrogens (tertiary/aromatic N) is 1. The molecule has 6 heteroatoms. The molecule has 86 valence electrons. The molecule has 1 aromatic carbocycles. The summed E-state index contributed by atoms with van der Waals surface area (Å²) < 4.78 is 5.22. The second kappa shape index (κ2) is 5.92. The van der Waals surface area contributed by atoms with Crippen LogP contribution in [0.4, 0.5) is 0 Å². The van der Waals surface area contributed by atoms with Crippen LogP contribution in [0, 0.1) is 0 Å². The number of phenols is 1. The second-order valence-electron chi connectivity index (χ2n) is 2.86. The Morgan fingerprint density at radius 3 is 3.06 bits per heavy atom. The Bertz CT molecular complexity index is 407. The van der Waals surface area contributed by atoms with E-state index in [0.717, 1.165) is 0 Å². The van der Waals surface area contributed by atoms with Crippen LogP contribution in [0.25, 0.3) is 0 Å². The molecule has 0 fully saturated rings. The van der Waals surface area contributed by atoms with Crippen molar-refractivity contribution in [3.63, 3.8) is 0 Å². The number of hydrogen-bond acceptors (Lipinski definition) is 4.